The molecule has 0 aromatic carbocycles. The van der Waals surface area contributed by atoms with E-state index >= 15 is 0 Å². The van der Waals surface area contributed by atoms with Gasteiger partial charge in [-0.25, -0.2) is 9.78 Å². The van der Waals surface area contributed by atoms with Crippen LogP contribution in [0.25, 0.3) is 0 Å². The van der Waals surface area contributed by atoms with Gasteiger partial charge in [-0.15, -0.1) is 0 Å². The third-order valence-corrected chi connectivity index (χ3v) is 4.28. The predicted octanol–water partition coefficient (Wildman–Crippen LogP) is 2.37. The van der Waals surface area contributed by atoms with Crippen LogP contribution in [0, 0.1) is 0 Å². The summed E-state index contributed by atoms with van der Waals surface area (Å²) in [6.07, 6.45) is 9.62. The summed E-state index contributed by atoms with van der Waals surface area (Å²) in [5.74, 6) is 0. The van der Waals surface area contributed by atoms with Crippen molar-refractivity contribution in [1.29, 1.82) is 0 Å². The Kier molecular flexibility index (Phi) is 3.76. The zero-order chi connectivity index (χ0) is 13.9. The molecule has 2 N–H and O–H groups in total. The molecule has 5 nitrogen and oxygen atoms in total. The second-order valence-electron chi connectivity index (χ2n) is 5.70. The van der Waals surface area contributed by atoms with E-state index in [2.05, 4.69) is 28.3 Å². The maximum absolute atomic E-state index is 12.3. The third-order valence-electron chi connectivity index (χ3n) is 4.28. The molecule has 0 spiro atoms. The van der Waals surface area contributed by atoms with Gasteiger partial charge in [0.15, 0.2) is 0 Å². The molecular formula is C15H22N4O. The monoisotopic (exact) mass is 274 g/mol. The number of allylic oxidation sites excluding steroid dienone is 1. The molecule has 3 rings (SSSR count). The first-order chi connectivity index (χ1) is 9.74. The van der Waals surface area contributed by atoms with Crippen LogP contribution in [0.5, 0.6) is 0 Å². The van der Waals surface area contributed by atoms with Crippen LogP contribution in [0.4, 0.5) is 4.79 Å². The SMILES string of the molecule is C[C@@H](NC(=O)N1CCc2nc[nH]c2C1)C1=CCCCC1. The van der Waals surface area contributed by atoms with E-state index < -0.39 is 0 Å². The van der Waals surface area contributed by atoms with Crippen LogP contribution < -0.4 is 5.32 Å². The lowest BCUT2D eigenvalue weighted by molar-refractivity contribution is 0.189. The summed E-state index contributed by atoms with van der Waals surface area (Å²) in [5.41, 5.74) is 3.54. The zero-order valence-electron chi connectivity index (χ0n) is 12.0. The quantitative estimate of drug-likeness (QED) is 0.813. The van der Waals surface area contributed by atoms with Crippen molar-refractivity contribution < 1.29 is 4.79 Å². The average molecular weight is 274 g/mol. The van der Waals surface area contributed by atoms with Gasteiger partial charge in [0.2, 0.25) is 0 Å². The molecule has 1 aromatic heterocycles. The topological polar surface area (TPSA) is 61.0 Å². The van der Waals surface area contributed by atoms with Crippen molar-refractivity contribution in [3.8, 4) is 0 Å². The van der Waals surface area contributed by atoms with E-state index in [0.29, 0.717) is 6.54 Å². The number of fused-ring (bicyclic) bond motifs is 1. The molecule has 0 unspecified atom stereocenters. The first-order valence-electron chi connectivity index (χ1n) is 7.49. The standard InChI is InChI=1S/C15H22N4O/c1-11(12-5-3-2-4-6-12)18-15(20)19-8-7-13-14(9-19)17-10-16-13/h5,10-11H,2-4,6-9H2,1H3,(H,16,17)(H,18,20)/t11-/m1/s1. The van der Waals surface area contributed by atoms with Crippen LogP contribution in [0.3, 0.4) is 0 Å². The highest BCUT2D eigenvalue weighted by Gasteiger charge is 2.24. The number of rotatable bonds is 2. The van der Waals surface area contributed by atoms with Gasteiger partial charge in [0.25, 0.3) is 0 Å². The summed E-state index contributed by atoms with van der Waals surface area (Å²) in [7, 11) is 0. The number of carbonyl (C=O) groups excluding carboxylic acids is 1. The molecule has 1 aliphatic heterocycles. The van der Waals surface area contributed by atoms with Crippen molar-refractivity contribution in [2.75, 3.05) is 6.54 Å². The van der Waals surface area contributed by atoms with Crippen molar-refractivity contribution in [1.82, 2.24) is 20.2 Å². The summed E-state index contributed by atoms with van der Waals surface area (Å²) < 4.78 is 0. The highest BCUT2D eigenvalue weighted by Crippen LogP contribution is 2.21. The van der Waals surface area contributed by atoms with Crippen LogP contribution in [0.15, 0.2) is 18.0 Å². The second kappa shape index (κ2) is 5.69. The van der Waals surface area contributed by atoms with Gasteiger partial charge in [0.1, 0.15) is 0 Å². The van der Waals surface area contributed by atoms with Gasteiger partial charge in [-0.1, -0.05) is 11.6 Å². The molecule has 0 fully saturated rings. The molecule has 1 aromatic rings. The number of nitrogens with one attached hydrogen (secondary N) is 2. The average Bonchev–Trinajstić information content (AvgIpc) is 2.95. The predicted molar refractivity (Wildman–Crippen MR) is 77.2 cm³/mol. The van der Waals surface area contributed by atoms with Gasteiger partial charge in [0.05, 0.1) is 24.3 Å². The Labute approximate surface area is 119 Å². The molecule has 108 valence electrons. The number of imidazole rings is 1. The summed E-state index contributed by atoms with van der Waals surface area (Å²) in [6, 6.07) is 0.176. The van der Waals surface area contributed by atoms with E-state index in [1.165, 1.54) is 18.4 Å². The third kappa shape index (κ3) is 2.71. The molecule has 0 saturated carbocycles. The number of hydrogen-bond donors (Lipinski definition) is 2. The van der Waals surface area contributed by atoms with E-state index in [1.807, 2.05) is 4.90 Å². The van der Waals surface area contributed by atoms with Crippen LogP contribution in [-0.4, -0.2) is 33.5 Å². The van der Waals surface area contributed by atoms with Crippen LogP contribution in [-0.2, 0) is 13.0 Å². The van der Waals surface area contributed by atoms with Gasteiger partial charge in [-0.05, 0) is 32.6 Å². The maximum atomic E-state index is 12.3. The number of H-pyrrole nitrogens is 1. The number of amides is 2. The van der Waals surface area contributed by atoms with Gasteiger partial charge in [-0.3, -0.25) is 0 Å². The molecule has 20 heavy (non-hydrogen) atoms. The maximum Gasteiger partial charge on any atom is 0.318 e. The smallest absolute Gasteiger partial charge is 0.318 e. The minimum atomic E-state index is 0.0317. The van der Waals surface area contributed by atoms with Crippen LogP contribution in [0.2, 0.25) is 0 Å². The Morgan fingerprint density at radius 3 is 3.15 bits per heavy atom. The summed E-state index contributed by atoms with van der Waals surface area (Å²) in [4.78, 5) is 21.6. The fourth-order valence-corrected chi connectivity index (χ4v) is 3.01. The minimum Gasteiger partial charge on any atom is -0.347 e. The molecule has 0 radical (unpaired) electrons. The summed E-state index contributed by atoms with van der Waals surface area (Å²) in [5, 5.41) is 3.13. The molecule has 1 aliphatic carbocycles. The van der Waals surface area contributed by atoms with Gasteiger partial charge in [0, 0.05) is 19.0 Å². The Morgan fingerprint density at radius 1 is 1.45 bits per heavy atom. The zero-order valence-corrected chi connectivity index (χ0v) is 12.0. The largest absolute Gasteiger partial charge is 0.347 e. The number of aromatic nitrogens is 2. The molecule has 0 saturated heterocycles. The molecule has 2 amide bonds. The Hall–Kier alpha value is -1.78. The van der Waals surface area contributed by atoms with Crippen molar-refractivity contribution in [3.63, 3.8) is 0 Å². The second-order valence-corrected chi connectivity index (χ2v) is 5.70. The number of urea groups is 1. The number of carbonyl (C=O) groups is 1. The van der Waals surface area contributed by atoms with E-state index in [1.54, 1.807) is 6.33 Å². The minimum absolute atomic E-state index is 0.0317. The van der Waals surface area contributed by atoms with E-state index in [9.17, 15) is 4.79 Å². The molecule has 2 heterocycles. The molecular weight excluding hydrogens is 252 g/mol. The molecule has 1 atom stereocenters. The lowest BCUT2D eigenvalue weighted by Crippen LogP contribution is -2.46. The van der Waals surface area contributed by atoms with Gasteiger partial charge >= 0.3 is 6.03 Å². The van der Waals surface area contributed by atoms with Crippen LogP contribution >= 0.6 is 0 Å². The Balaban J connectivity index is 1.58. The fourth-order valence-electron chi connectivity index (χ4n) is 3.01. The van der Waals surface area contributed by atoms with Crippen molar-refractivity contribution in [2.45, 2.75) is 51.6 Å². The van der Waals surface area contributed by atoms with Gasteiger partial charge in [-0.2, -0.15) is 0 Å². The molecule has 5 heteroatoms. The van der Waals surface area contributed by atoms with E-state index in [0.717, 1.165) is 37.2 Å². The van der Waals surface area contributed by atoms with Crippen LogP contribution in [0.1, 0.15) is 44.0 Å². The van der Waals surface area contributed by atoms with Crippen molar-refractivity contribution in [2.24, 2.45) is 0 Å². The summed E-state index contributed by atoms with van der Waals surface area (Å²) in [6.45, 7) is 3.46. The number of nitrogens with zero attached hydrogens (tertiary/aromatic N) is 2. The number of hydrogen-bond acceptors (Lipinski definition) is 2. The normalized spacial score (nSPS) is 20.1. The summed E-state index contributed by atoms with van der Waals surface area (Å²) >= 11 is 0. The Morgan fingerprint density at radius 2 is 2.35 bits per heavy atom. The van der Waals surface area contributed by atoms with E-state index in [4.69, 9.17) is 0 Å². The number of aromatic amines is 1. The Bertz CT molecular complexity index is 520. The first-order valence-corrected chi connectivity index (χ1v) is 7.49. The first kappa shape index (κ1) is 13.2. The van der Waals surface area contributed by atoms with E-state index in [-0.39, 0.29) is 12.1 Å². The highest BCUT2D eigenvalue weighted by atomic mass is 16.2. The molecule has 0 bridgehead atoms. The molecule has 2 aliphatic rings. The van der Waals surface area contributed by atoms with Gasteiger partial charge < -0.3 is 15.2 Å². The lowest BCUT2D eigenvalue weighted by Gasteiger charge is -2.29. The van der Waals surface area contributed by atoms with Crippen molar-refractivity contribution >= 4 is 6.03 Å². The lowest BCUT2D eigenvalue weighted by atomic mass is 9.95. The van der Waals surface area contributed by atoms with Crippen molar-refractivity contribution in [3.05, 3.63) is 29.4 Å². The fraction of sp³-hybridized carbons (Fsp3) is 0.600. The highest BCUT2D eigenvalue weighted by molar-refractivity contribution is 5.75.